The number of benzene rings is 2. The second-order valence-corrected chi connectivity index (χ2v) is 6.63. The van der Waals surface area contributed by atoms with Gasteiger partial charge in [0.15, 0.2) is 0 Å². The molecule has 0 heterocycles. The van der Waals surface area contributed by atoms with Crippen molar-refractivity contribution >= 4 is 27.8 Å². The average molecular weight is 232 g/mol. The Hall–Kier alpha value is -0.700. The van der Waals surface area contributed by atoms with Crippen LogP contribution in [0.4, 0.5) is 0 Å². The summed E-state index contributed by atoms with van der Waals surface area (Å²) in [7, 11) is 2.68. The van der Waals surface area contributed by atoms with Crippen molar-refractivity contribution in [1.82, 2.24) is 0 Å². The van der Waals surface area contributed by atoms with Crippen molar-refractivity contribution in [2.75, 3.05) is 5.90 Å². The van der Waals surface area contributed by atoms with Crippen LogP contribution in [0.25, 0.3) is 0 Å². The average Bonchev–Trinajstić information content (AvgIpc) is 2.33. The third-order valence-electron chi connectivity index (χ3n) is 2.32. The molecular formula is C13H14P2. The molecule has 15 heavy (non-hydrogen) atoms. The smallest absolute Gasteiger partial charge is 0.00955 e. The molecule has 0 saturated carbocycles. The fourth-order valence-electron chi connectivity index (χ4n) is 1.58. The first-order valence-corrected chi connectivity index (χ1v) is 7.34. The van der Waals surface area contributed by atoms with Crippen molar-refractivity contribution in [3.05, 3.63) is 60.7 Å². The lowest BCUT2D eigenvalue weighted by Gasteiger charge is -2.15. The molecule has 0 bridgehead atoms. The molecule has 0 radical (unpaired) electrons. The third kappa shape index (κ3) is 2.65. The predicted octanol–water partition coefficient (Wildman–Crippen LogP) is 2.95. The SMILES string of the molecule is PCP(c1ccccc1)c1ccccc1. The molecule has 0 aliphatic carbocycles. The highest BCUT2D eigenvalue weighted by atomic mass is 31.2. The Morgan fingerprint density at radius 2 is 1.13 bits per heavy atom. The molecule has 1 unspecified atom stereocenters. The lowest BCUT2D eigenvalue weighted by Crippen LogP contribution is -2.11. The molecule has 1 atom stereocenters. The largest absolute Gasteiger partial charge is 0.133 e. The Bertz CT molecular complexity index is 358. The quantitative estimate of drug-likeness (QED) is 0.714. The van der Waals surface area contributed by atoms with Crippen molar-refractivity contribution in [3.63, 3.8) is 0 Å². The van der Waals surface area contributed by atoms with Gasteiger partial charge in [-0.3, -0.25) is 0 Å². The molecule has 0 aliphatic heterocycles. The van der Waals surface area contributed by atoms with Crippen LogP contribution in [0, 0.1) is 0 Å². The molecule has 2 aromatic rings. The monoisotopic (exact) mass is 232 g/mol. The Kier molecular flexibility index (Phi) is 3.89. The van der Waals surface area contributed by atoms with Crippen LogP contribution in [-0.4, -0.2) is 5.90 Å². The first kappa shape index (κ1) is 10.8. The van der Waals surface area contributed by atoms with E-state index in [9.17, 15) is 0 Å². The number of rotatable bonds is 3. The van der Waals surface area contributed by atoms with E-state index in [2.05, 4.69) is 69.9 Å². The van der Waals surface area contributed by atoms with Crippen LogP contribution in [0.5, 0.6) is 0 Å². The van der Waals surface area contributed by atoms with Crippen LogP contribution < -0.4 is 10.6 Å². The Morgan fingerprint density at radius 1 is 0.733 bits per heavy atom. The van der Waals surface area contributed by atoms with Crippen molar-refractivity contribution in [1.29, 1.82) is 0 Å². The Balaban J connectivity index is 2.34. The zero-order valence-electron chi connectivity index (χ0n) is 8.51. The highest BCUT2D eigenvalue weighted by Crippen LogP contribution is 2.34. The van der Waals surface area contributed by atoms with E-state index in [1.807, 2.05) is 0 Å². The zero-order chi connectivity index (χ0) is 10.5. The minimum absolute atomic E-state index is 0.186. The summed E-state index contributed by atoms with van der Waals surface area (Å²) in [5.74, 6) is 1.13. The molecule has 2 aromatic carbocycles. The second-order valence-electron chi connectivity index (χ2n) is 3.28. The van der Waals surface area contributed by atoms with Crippen molar-refractivity contribution in [2.45, 2.75) is 0 Å². The van der Waals surface area contributed by atoms with E-state index in [4.69, 9.17) is 0 Å². The van der Waals surface area contributed by atoms with E-state index in [1.54, 1.807) is 0 Å². The highest BCUT2D eigenvalue weighted by Gasteiger charge is 2.09. The van der Waals surface area contributed by atoms with E-state index in [-0.39, 0.29) is 7.92 Å². The molecule has 0 spiro atoms. The molecule has 0 aliphatic rings. The summed E-state index contributed by atoms with van der Waals surface area (Å²) in [5.41, 5.74) is 0. The Labute approximate surface area is 94.7 Å². The van der Waals surface area contributed by atoms with Gasteiger partial charge in [0.05, 0.1) is 0 Å². The van der Waals surface area contributed by atoms with E-state index >= 15 is 0 Å². The Morgan fingerprint density at radius 3 is 1.47 bits per heavy atom. The van der Waals surface area contributed by atoms with Gasteiger partial charge in [-0.2, -0.15) is 0 Å². The minimum atomic E-state index is -0.186. The zero-order valence-corrected chi connectivity index (χ0v) is 10.6. The van der Waals surface area contributed by atoms with Gasteiger partial charge in [-0.1, -0.05) is 60.7 Å². The molecule has 2 rings (SSSR count). The van der Waals surface area contributed by atoms with Gasteiger partial charge in [-0.15, -0.1) is 9.24 Å². The molecular weight excluding hydrogens is 218 g/mol. The first-order valence-electron chi connectivity index (χ1n) is 4.99. The van der Waals surface area contributed by atoms with E-state index in [0.717, 1.165) is 5.90 Å². The lowest BCUT2D eigenvalue weighted by atomic mass is 10.4. The van der Waals surface area contributed by atoms with Gasteiger partial charge in [0, 0.05) is 0 Å². The summed E-state index contributed by atoms with van der Waals surface area (Å²) in [6.07, 6.45) is 0. The maximum atomic E-state index is 2.87. The lowest BCUT2D eigenvalue weighted by molar-refractivity contribution is 1.75. The maximum absolute atomic E-state index is 2.87. The van der Waals surface area contributed by atoms with E-state index in [1.165, 1.54) is 10.6 Å². The number of hydrogen-bond donors (Lipinski definition) is 0. The van der Waals surface area contributed by atoms with Gasteiger partial charge >= 0.3 is 0 Å². The molecule has 0 fully saturated rings. The molecule has 0 N–H and O–H groups in total. The van der Waals surface area contributed by atoms with Crippen molar-refractivity contribution < 1.29 is 0 Å². The van der Waals surface area contributed by atoms with Crippen LogP contribution in [0.1, 0.15) is 0 Å². The minimum Gasteiger partial charge on any atom is -0.133 e. The standard InChI is InChI=1S/C13H14P2/c14-11-15(12-7-3-1-4-8-12)13-9-5-2-6-10-13/h1-10H,11,14H2. The molecule has 0 saturated heterocycles. The van der Waals surface area contributed by atoms with Gasteiger partial charge in [0.2, 0.25) is 0 Å². The van der Waals surface area contributed by atoms with Gasteiger partial charge in [0.1, 0.15) is 0 Å². The van der Waals surface area contributed by atoms with Gasteiger partial charge in [0.25, 0.3) is 0 Å². The van der Waals surface area contributed by atoms with Crippen molar-refractivity contribution in [3.8, 4) is 0 Å². The van der Waals surface area contributed by atoms with Gasteiger partial charge in [-0.25, -0.2) is 0 Å². The fourth-order valence-corrected chi connectivity index (χ4v) is 4.62. The summed E-state index contributed by atoms with van der Waals surface area (Å²) in [4.78, 5) is 0. The van der Waals surface area contributed by atoms with E-state index in [0.29, 0.717) is 0 Å². The van der Waals surface area contributed by atoms with Crippen LogP contribution in [-0.2, 0) is 0 Å². The summed E-state index contributed by atoms with van der Waals surface area (Å²) in [5, 5.41) is 2.90. The maximum Gasteiger partial charge on any atom is -0.00955 e. The number of hydrogen-bond acceptors (Lipinski definition) is 0. The molecule has 2 heteroatoms. The van der Waals surface area contributed by atoms with Gasteiger partial charge < -0.3 is 0 Å². The second kappa shape index (κ2) is 5.40. The van der Waals surface area contributed by atoms with Gasteiger partial charge in [-0.05, 0) is 24.4 Å². The van der Waals surface area contributed by atoms with Crippen LogP contribution in [0.2, 0.25) is 0 Å². The highest BCUT2D eigenvalue weighted by molar-refractivity contribution is 7.77. The molecule has 0 aromatic heterocycles. The van der Waals surface area contributed by atoms with E-state index < -0.39 is 0 Å². The van der Waals surface area contributed by atoms with Crippen molar-refractivity contribution in [2.24, 2.45) is 0 Å². The third-order valence-corrected chi connectivity index (χ3v) is 5.62. The molecule has 76 valence electrons. The van der Waals surface area contributed by atoms with Crippen LogP contribution >= 0.6 is 17.2 Å². The normalized spacial score (nSPS) is 10.5. The summed E-state index contributed by atoms with van der Waals surface area (Å²) >= 11 is 0. The molecule has 0 nitrogen and oxygen atoms in total. The first-order chi connectivity index (χ1) is 7.42. The fraction of sp³-hybridized carbons (Fsp3) is 0.0769. The topological polar surface area (TPSA) is 0 Å². The predicted molar refractivity (Wildman–Crippen MR) is 73.6 cm³/mol. The summed E-state index contributed by atoms with van der Waals surface area (Å²) in [6.45, 7) is 0. The van der Waals surface area contributed by atoms with Crippen LogP contribution in [0.15, 0.2) is 60.7 Å². The van der Waals surface area contributed by atoms with Crippen LogP contribution in [0.3, 0.4) is 0 Å². The summed E-state index contributed by atoms with van der Waals surface area (Å²) in [6, 6.07) is 21.5. The molecule has 0 amide bonds. The summed E-state index contributed by atoms with van der Waals surface area (Å²) < 4.78 is 0.